The first-order chi connectivity index (χ1) is 24.0. The van der Waals surface area contributed by atoms with Crippen LogP contribution in [0.1, 0.15) is 45.2 Å². The number of anilines is 2. The topological polar surface area (TPSA) is 108 Å². The number of aromatic nitrogens is 2. The molecule has 270 valence electrons. The van der Waals surface area contributed by atoms with E-state index in [0.29, 0.717) is 31.1 Å². The van der Waals surface area contributed by atoms with Gasteiger partial charge in [0.15, 0.2) is 0 Å². The number of carbonyl (C=O) groups excluding carboxylic acids is 1. The van der Waals surface area contributed by atoms with E-state index in [0.717, 1.165) is 67.4 Å². The second kappa shape index (κ2) is 17.3. The molecule has 0 spiro atoms. The summed E-state index contributed by atoms with van der Waals surface area (Å²) in [6.45, 7) is 8.76. The summed E-state index contributed by atoms with van der Waals surface area (Å²) in [5.74, 6) is -0.952. The highest BCUT2D eigenvalue weighted by molar-refractivity contribution is 5.96. The second-order valence-electron chi connectivity index (χ2n) is 11.6. The molecular weight excluding hydrogens is 658 g/mol. The molecule has 0 aliphatic carbocycles. The van der Waals surface area contributed by atoms with E-state index in [-0.39, 0.29) is 29.5 Å². The number of ether oxygens (including phenoxy) is 2. The maximum atomic E-state index is 14.8. The van der Waals surface area contributed by atoms with Gasteiger partial charge in [0, 0.05) is 75.4 Å². The molecule has 0 radical (unpaired) electrons. The van der Waals surface area contributed by atoms with Gasteiger partial charge in [0.05, 0.1) is 42.9 Å². The molecule has 2 aliphatic rings. The molecule has 1 N–H and O–H groups in total. The molecule has 2 saturated heterocycles. The summed E-state index contributed by atoms with van der Waals surface area (Å²) < 4.78 is 66.1. The molecule has 0 saturated carbocycles. The Morgan fingerprint density at radius 2 is 1.62 bits per heavy atom. The Morgan fingerprint density at radius 3 is 2.20 bits per heavy atom. The van der Waals surface area contributed by atoms with Gasteiger partial charge in [0.2, 0.25) is 0 Å². The minimum Gasteiger partial charge on any atom is -0.497 e. The summed E-state index contributed by atoms with van der Waals surface area (Å²) in [7, 11) is 2.90. The Hall–Kier alpha value is -4.72. The SMILES string of the molecule is CC.COc1cc(N2CCN(C3CCN(c4ccc(F)c5c(OC)cc(C(F)(F)F)nc45)CC3)CC2)c2ncccc2c1.O=CCCC(=O)O. The minimum absolute atomic E-state index is 0.0251. The number of aliphatic carboxylic acids is 1. The van der Waals surface area contributed by atoms with E-state index in [1.54, 1.807) is 7.11 Å². The second-order valence-corrected chi connectivity index (χ2v) is 11.6. The summed E-state index contributed by atoms with van der Waals surface area (Å²) in [6, 6.07) is 11.9. The van der Waals surface area contributed by atoms with Crippen LogP contribution in [0.3, 0.4) is 0 Å². The molecule has 50 heavy (non-hydrogen) atoms. The number of piperazine rings is 1. The fourth-order valence-corrected chi connectivity index (χ4v) is 6.30. The van der Waals surface area contributed by atoms with Crippen LogP contribution in [0.2, 0.25) is 0 Å². The van der Waals surface area contributed by atoms with Crippen molar-refractivity contribution in [3.05, 3.63) is 60.2 Å². The van der Waals surface area contributed by atoms with Crippen molar-refractivity contribution in [1.82, 2.24) is 14.9 Å². The molecule has 2 aromatic heterocycles. The van der Waals surface area contributed by atoms with Crippen LogP contribution in [0.4, 0.5) is 28.9 Å². The molecule has 4 aromatic rings. The van der Waals surface area contributed by atoms with Crippen molar-refractivity contribution >= 4 is 45.4 Å². The Kier molecular flexibility index (Phi) is 13.2. The lowest BCUT2D eigenvalue weighted by molar-refractivity contribution is -0.141. The lowest BCUT2D eigenvalue weighted by Crippen LogP contribution is -2.53. The van der Waals surface area contributed by atoms with Crippen molar-refractivity contribution in [1.29, 1.82) is 0 Å². The van der Waals surface area contributed by atoms with Gasteiger partial charge in [-0.1, -0.05) is 19.9 Å². The number of methoxy groups -OCH3 is 2. The van der Waals surface area contributed by atoms with E-state index in [9.17, 15) is 27.2 Å². The van der Waals surface area contributed by atoms with Gasteiger partial charge in [-0.15, -0.1) is 0 Å². The van der Waals surface area contributed by atoms with Crippen LogP contribution in [0.25, 0.3) is 21.8 Å². The van der Waals surface area contributed by atoms with Gasteiger partial charge in [-0.3, -0.25) is 14.7 Å². The molecule has 0 unspecified atom stereocenters. The average molecular weight is 702 g/mol. The third-order valence-electron chi connectivity index (χ3n) is 8.71. The number of benzene rings is 2. The van der Waals surface area contributed by atoms with Crippen molar-refractivity contribution < 1.29 is 41.7 Å². The normalized spacial score (nSPS) is 15.5. The first-order valence-corrected chi connectivity index (χ1v) is 16.6. The summed E-state index contributed by atoms with van der Waals surface area (Å²) in [4.78, 5) is 34.4. The maximum absolute atomic E-state index is 14.8. The molecule has 6 rings (SSSR count). The zero-order valence-electron chi connectivity index (χ0n) is 28.7. The number of alkyl halides is 3. The number of piperidine rings is 1. The largest absolute Gasteiger partial charge is 0.497 e. The molecule has 0 atom stereocenters. The fraction of sp³-hybridized carbons (Fsp3) is 0.444. The highest BCUT2D eigenvalue weighted by atomic mass is 19.4. The Labute approximate surface area is 288 Å². The zero-order chi connectivity index (χ0) is 36.4. The molecule has 2 aliphatic heterocycles. The van der Waals surface area contributed by atoms with E-state index >= 15 is 0 Å². The summed E-state index contributed by atoms with van der Waals surface area (Å²) in [5.41, 5.74) is 1.40. The molecule has 2 fully saturated rings. The standard InChI is InChI=1S/C30H31F4N5O2.C4H6O3.C2H6/c1-40-21-16-19-4-3-9-35-28(19)24(17-21)39-14-12-37(13-15-39)20-7-10-38(11-8-20)23-6-5-22(31)27-25(41-2)18-26(30(32,33)34)36-29(23)27;5-3-1-2-4(6)7;1-2/h3-6,9,16-18,20H,7-8,10-15H2,1-2H3;3H,1-2H2,(H,6,7);1-2H3. The minimum atomic E-state index is -4.67. The lowest BCUT2D eigenvalue weighted by Gasteiger charge is -2.44. The predicted octanol–water partition coefficient (Wildman–Crippen LogP) is 6.83. The molecule has 4 heterocycles. The van der Waals surface area contributed by atoms with Gasteiger partial charge < -0.3 is 29.2 Å². The van der Waals surface area contributed by atoms with Crippen molar-refractivity contribution in [2.45, 2.75) is 51.7 Å². The van der Waals surface area contributed by atoms with Gasteiger partial charge in [0.1, 0.15) is 34.8 Å². The van der Waals surface area contributed by atoms with Gasteiger partial charge in [-0.25, -0.2) is 9.37 Å². The third-order valence-corrected chi connectivity index (χ3v) is 8.71. The van der Waals surface area contributed by atoms with E-state index in [1.807, 2.05) is 49.2 Å². The number of rotatable bonds is 8. The number of fused-ring (bicyclic) bond motifs is 2. The number of hydrogen-bond donors (Lipinski definition) is 1. The Balaban J connectivity index is 0.000000559. The number of carboxylic acids is 1. The summed E-state index contributed by atoms with van der Waals surface area (Å²) >= 11 is 0. The smallest absolute Gasteiger partial charge is 0.433 e. The van der Waals surface area contributed by atoms with Gasteiger partial charge in [-0.2, -0.15) is 13.2 Å². The van der Waals surface area contributed by atoms with E-state index in [1.165, 1.54) is 19.2 Å². The van der Waals surface area contributed by atoms with Crippen LogP contribution >= 0.6 is 0 Å². The zero-order valence-corrected chi connectivity index (χ0v) is 28.7. The van der Waals surface area contributed by atoms with Crippen molar-refractivity contribution in [2.24, 2.45) is 0 Å². The van der Waals surface area contributed by atoms with Crippen LogP contribution < -0.4 is 19.3 Å². The number of aldehydes is 1. The highest BCUT2D eigenvalue weighted by Crippen LogP contribution is 2.39. The molecule has 10 nitrogen and oxygen atoms in total. The molecule has 2 aromatic carbocycles. The van der Waals surface area contributed by atoms with E-state index in [4.69, 9.17) is 14.6 Å². The van der Waals surface area contributed by atoms with Crippen LogP contribution in [-0.4, -0.2) is 91.8 Å². The Morgan fingerprint density at radius 1 is 0.940 bits per heavy atom. The van der Waals surface area contributed by atoms with Crippen LogP contribution in [0, 0.1) is 5.82 Å². The Bertz CT molecular complexity index is 1760. The number of nitrogens with zero attached hydrogens (tertiary/aromatic N) is 5. The van der Waals surface area contributed by atoms with Gasteiger partial charge >= 0.3 is 12.1 Å². The fourth-order valence-electron chi connectivity index (χ4n) is 6.30. The van der Waals surface area contributed by atoms with Gasteiger partial charge in [-0.05, 0) is 37.1 Å². The molecule has 0 amide bonds. The van der Waals surface area contributed by atoms with Crippen LogP contribution in [-0.2, 0) is 15.8 Å². The maximum Gasteiger partial charge on any atom is 0.433 e. The van der Waals surface area contributed by atoms with Crippen LogP contribution in [0.5, 0.6) is 11.5 Å². The number of hydrogen-bond acceptors (Lipinski definition) is 9. The van der Waals surface area contributed by atoms with Crippen molar-refractivity contribution in [3.63, 3.8) is 0 Å². The van der Waals surface area contributed by atoms with Crippen molar-refractivity contribution in [3.8, 4) is 11.5 Å². The number of carboxylic acid groups (broad SMARTS) is 1. The summed E-state index contributed by atoms with van der Waals surface area (Å²) in [5, 5.41) is 8.90. The van der Waals surface area contributed by atoms with E-state index < -0.39 is 23.7 Å². The monoisotopic (exact) mass is 701 g/mol. The predicted molar refractivity (Wildman–Crippen MR) is 185 cm³/mol. The van der Waals surface area contributed by atoms with Crippen LogP contribution in [0.15, 0.2) is 48.7 Å². The van der Waals surface area contributed by atoms with Gasteiger partial charge in [0.25, 0.3) is 0 Å². The quantitative estimate of drug-likeness (QED) is 0.155. The summed E-state index contributed by atoms with van der Waals surface area (Å²) in [6.07, 6.45) is -0.514. The third kappa shape index (κ3) is 8.89. The average Bonchev–Trinajstić information content (AvgIpc) is 3.14. The molecular formula is C36H43F4N5O5. The molecule has 14 heteroatoms. The first kappa shape index (κ1) is 38.1. The highest BCUT2D eigenvalue weighted by Gasteiger charge is 2.35. The number of carbonyl (C=O) groups is 2. The van der Waals surface area contributed by atoms with E-state index in [2.05, 4.69) is 19.8 Å². The van der Waals surface area contributed by atoms with Crippen molar-refractivity contribution in [2.75, 3.05) is 63.3 Å². The number of halogens is 4. The first-order valence-electron chi connectivity index (χ1n) is 16.6. The lowest BCUT2D eigenvalue weighted by atomic mass is 10.0. The molecule has 0 bridgehead atoms. The number of pyridine rings is 2.